The van der Waals surface area contributed by atoms with Crippen LogP contribution in [-0.2, 0) is 19.1 Å². The SMILES string of the molecule is Cc1cc(C)c(Cl)c(C=C2C(=O)OC(C)(C)OC2=O)c1. The number of hydrogen-bond donors (Lipinski definition) is 0. The number of rotatable bonds is 1. The predicted octanol–water partition coefficient (Wildman–Crippen LogP) is 3.18. The predicted molar refractivity (Wildman–Crippen MR) is 75.2 cm³/mol. The van der Waals surface area contributed by atoms with Crippen LogP contribution in [0.5, 0.6) is 0 Å². The minimum atomic E-state index is -1.24. The Balaban J connectivity index is 2.46. The molecule has 4 nitrogen and oxygen atoms in total. The highest BCUT2D eigenvalue weighted by atomic mass is 35.5. The molecule has 20 heavy (non-hydrogen) atoms. The monoisotopic (exact) mass is 294 g/mol. The molecule has 0 aromatic heterocycles. The van der Waals surface area contributed by atoms with Crippen molar-refractivity contribution in [2.24, 2.45) is 0 Å². The fourth-order valence-corrected chi connectivity index (χ4v) is 2.19. The van der Waals surface area contributed by atoms with Crippen LogP contribution in [0.2, 0.25) is 5.02 Å². The van der Waals surface area contributed by atoms with E-state index in [1.165, 1.54) is 19.9 Å². The maximum Gasteiger partial charge on any atom is 0.348 e. The molecule has 1 aromatic carbocycles. The first-order chi connectivity index (χ1) is 9.19. The van der Waals surface area contributed by atoms with Gasteiger partial charge < -0.3 is 9.47 Å². The van der Waals surface area contributed by atoms with Crippen molar-refractivity contribution in [3.63, 3.8) is 0 Å². The number of aryl methyl sites for hydroxylation is 2. The van der Waals surface area contributed by atoms with Crippen LogP contribution in [0.15, 0.2) is 17.7 Å². The van der Waals surface area contributed by atoms with Crippen molar-refractivity contribution in [3.8, 4) is 0 Å². The van der Waals surface area contributed by atoms with Crippen LogP contribution in [0.25, 0.3) is 6.08 Å². The molecule has 0 N–H and O–H groups in total. The van der Waals surface area contributed by atoms with Crippen molar-refractivity contribution in [2.75, 3.05) is 0 Å². The summed E-state index contributed by atoms with van der Waals surface area (Å²) in [6, 6.07) is 3.72. The van der Waals surface area contributed by atoms with E-state index in [0.717, 1.165) is 11.1 Å². The fraction of sp³-hybridized carbons (Fsp3) is 0.333. The third kappa shape index (κ3) is 2.85. The first kappa shape index (κ1) is 14.6. The van der Waals surface area contributed by atoms with E-state index < -0.39 is 17.7 Å². The first-order valence-corrected chi connectivity index (χ1v) is 6.52. The highest BCUT2D eigenvalue weighted by Crippen LogP contribution is 2.28. The van der Waals surface area contributed by atoms with Gasteiger partial charge in [0, 0.05) is 13.8 Å². The van der Waals surface area contributed by atoms with Crippen molar-refractivity contribution in [3.05, 3.63) is 39.4 Å². The van der Waals surface area contributed by atoms with E-state index in [1.807, 2.05) is 19.9 Å². The van der Waals surface area contributed by atoms with Gasteiger partial charge >= 0.3 is 11.9 Å². The molecule has 1 saturated heterocycles. The normalized spacial score (nSPS) is 17.6. The molecule has 5 heteroatoms. The van der Waals surface area contributed by atoms with Crippen molar-refractivity contribution in [1.29, 1.82) is 0 Å². The average Bonchev–Trinajstić information content (AvgIpc) is 2.28. The summed E-state index contributed by atoms with van der Waals surface area (Å²) >= 11 is 6.19. The topological polar surface area (TPSA) is 52.6 Å². The highest BCUT2D eigenvalue weighted by molar-refractivity contribution is 6.33. The molecule has 0 unspecified atom stereocenters. The number of ether oxygens (including phenoxy) is 2. The smallest absolute Gasteiger partial charge is 0.348 e. The number of cyclic esters (lactones) is 2. The summed E-state index contributed by atoms with van der Waals surface area (Å²) in [5.41, 5.74) is 2.29. The summed E-state index contributed by atoms with van der Waals surface area (Å²) in [6.07, 6.45) is 1.40. The van der Waals surface area contributed by atoms with Gasteiger partial charge in [-0.1, -0.05) is 29.3 Å². The Hall–Kier alpha value is -1.81. The number of carbonyl (C=O) groups is 2. The molecule has 0 radical (unpaired) electrons. The number of halogens is 1. The van der Waals surface area contributed by atoms with Crippen LogP contribution in [0.1, 0.15) is 30.5 Å². The van der Waals surface area contributed by atoms with Crippen molar-refractivity contribution in [2.45, 2.75) is 33.5 Å². The van der Waals surface area contributed by atoms with Gasteiger partial charge in [0.1, 0.15) is 5.57 Å². The maximum absolute atomic E-state index is 11.9. The van der Waals surface area contributed by atoms with Crippen molar-refractivity contribution < 1.29 is 19.1 Å². The molecule has 1 heterocycles. The second-order valence-electron chi connectivity index (χ2n) is 5.22. The molecule has 106 valence electrons. The fourth-order valence-electron chi connectivity index (χ4n) is 2.02. The van der Waals surface area contributed by atoms with Crippen LogP contribution in [-0.4, -0.2) is 17.7 Å². The van der Waals surface area contributed by atoms with Crippen LogP contribution >= 0.6 is 11.6 Å². The van der Waals surface area contributed by atoms with Crippen LogP contribution in [0, 0.1) is 13.8 Å². The zero-order valence-corrected chi connectivity index (χ0v) is 12.5. The van der Waals surface area contributed by atoms with Crippen molar-refractivity contribution in [1.82, 2.24) is 0 Å². The Labute approximate surface area is 122 Å². The lowest BCUT2D eigenvalue weighted by Gasteiger charge is -2.29. The van der Waals surface area contributed by atoms with E-state index in [-0.39, 0.29) is 5.57 Å². The zero-order valence-electron chi connectivity index (χ0n) is 11.7. The lowest BCUT2D eigenvalue weighted by atomic mass is 10.0. The number of hydrogen-bond acceptors (Lipinski definition) is 4. The Morgan fingerprint density at radius 3 is 2.20 bits per heavy atom. The van der Waals surface area contributed by atoms with E-state index >= 15 is 0 Å². The van der Waals surface area contributed by atoms with E-state index in [2.05, 4.69) is 0 Å². The summed E-state index contributed by atoms with van der Waals surface area (Å²) in [6.45, 7) is 6.77. The van der Waals surface area contributed by atoms with Gasteiger partial charge in [0.25, 0.3) is 5.79 Å². The third-order valence-electron chi connectivity index (χ3n) is 2.84. The van der Waals surface area contributed by atoms with Gasteiger partial charge in [-0.2, -0.15) is 0 Å². The van der Waals surface area contributed by atoms with Crippen molar-refractivity contribution >= 4 is 29.6 Å². The van der Waals surface area contributed by atoms with Gasteiger partial charge in [0.15, 0.2) is 0 Å². The van der Waals surface area contributed by atoms with Gasteiger partial charge in [0.2, 0.25) is 0 Å². The van der Waals surface area contributed by atoms with Crippen LogP contribution < -0.4 is 0 Å². The summed E-state index contributed by atoms with van der Waals surface area (Å²) in [5.74, 6) is -2.65. The van der Waals surface area contributed by atoms with Gasteiger partial charge in [0.05, 0.1) is 5.02 Å². The lowest BCUT2D eigenvalue weighted by Crippen LogP contribution is -2.41. The minimum Gasteiger partial charge on any atom is -0.419 e. The summed E-state index contributed by atoms with van der Waals surface area (Å²) in [7, 11) is 0. The van der Waals surface area contributed by atoms with Gasteiger partial charge in [-0.15, -0.1) is 0 Å². The van der Waals surface area contributed by atoms with Crippen LogP contribution in [0.3, 0.4) is 0 Å². The molecule has 0 amide bonds. The molecule has 0 atom stereocenters. The van der Waals surface area contributed by atoms with Gasteiger partial charge in [-0.25, -0.2) is 9.59 Å². The zero-order chi connectivity index (χ0) is 15.1. The molecule has 1 aromatic rings. The van der Waals surface area contributed by atoms with Gasteiger partial charge in [-0.05, 0) is 31.1 Å². The number of carbonyl (C=O) groups excluding carboxylic acids is 2. The molecular weight excluding hydrogens is 280 g/mol. The molecule has 0 bridgehead atoms. The van der Waals surface area contributed by atoms with E-state index in [0.29, 0.717) is 10.6 Å². The Kier molecular flexibility index (Phi) is 3.61. The molecule has 0 saturated carbocycles. The summed E-state index contributed by atoms with van der Waals surface area (Å²) < 4.78 is 10.1. The maximum atomic E-state index is 11.9. The summed E-state index contributed by atoms with van der Waals surface area (Å²) in [4.78, 5) is 23.7. The molecule has 1 aliphatic heterocycles. The molecular formula is C15H15ClO4. The average molecular weight is 295 g/mol. The number of benzene rings is 1. The van der Waals surface area contributed by atoms with E-state index in [4.69, 9.17) is 21.1 Å². The second-order valence-corrected chi connectivity index (χ2v) is 5.60. The lowest BCUT2D eigenvalue weighted by molar-refractivity contribution is -0.222. The Morgan fingerprint density at radius 2 is 1.65 bits per heavy atom. The quantitative estimate of drug-likeness (QED) is 0.453. The largest absolute Gasteiger partial charge is 0.419 e. The second kappa shape index (κ2) is 4.94. The highest BCUT2D eigenvalue weighted by Gasteiger charge is 2.38. The van der Waals surface area contributed by atoms with E-state index in [1.54, 1.807) is 6.07 Å². The Morgan fingerprint density at radius 1 is 1.10 bits per heavy atom. The van der Waals surface area contributed by atoms with E-state index in [9.17, 15) is 9.59 Å². The van der Waals surface area contributed by atoms with Crippen LogP contribution in [0.4, 0.5) is 0 Å². The third-order valence-corrected chi connectivity index (χ3v) is 3.36. The summed E-state index contributed by atoms with van der Waals surface area (Å²) in [5, 5.41) is 0.494. The molecule has 2 rings (SSSR count). The molecule has 1 fully saturated rings. The van der Waals surface area contributed by atoms with Gasteiger partial charge in [-0.3, -0.25) is 0 Å². The standard InChI is InChI=1S/C15H15ClO4/c1-8-5-9(2)12(16)10(6-8)7-11-13(17)19-15(3,4)20-14(11)18/h5-7H,1-4H3. The molecule has 0 spiro atoms. The molecule has 0 aliphatic carbocycles. The number of esters is 2. The minimum absolute atomic E-state index is 0.156. The molecule has 1 aliphatic rings. The first-order valence-electron chi connectivity index (χ1n) is 6.15. The Bertz CT molecular complexity index is 607.